The lowest BCUT2D eigenvalue weighted by molar-refractivity contribution is -0.0399. The lowest BCUT2D eigenvalue weighted by atomic mass is 9.43. The van der Waals surface area contributed by atoms with Crippen molar-refractivity contribution >= 4 is 96.5 Å². The largest absolute Gasteiger partial charge is 0.456 e. The fraction of sp³-hybridized carbons (Fsp3) is 0.208. The van der Waals surface area contributed by atoms with Crippen LogP contribution in [0.15, 0.2) is 271 Å². The molecule has 0 aliphatic heterocycles. The first-order valence-electron chi connectivity index (χ1n) is 36.7. The molecule has 2 aromatic heterocycles. The Bertz CT molecular complexity index is 5580. The Labute approximate surface area is 575 Å². The molecule has 0 radical (unpaired) electrons. The summed E-state index contributed by atoms with van der Waals surface area (Å²) in [6.45, 7) is 0. The average molecular weight is 1270 g/mol. The van der Waals surface area contributed by atoms with Gasteiger partial charge in [-0.25, -0.2) is 0 Å². The number of rotatable bonds is 4. The van der Waals surface area contributed by atoms with Gasteiger partial charge in [-0.1, -0.05) is 218 Å². The molecule has 98 heavy (non-hydrogen) atoms. The summed E-state index contributed by atoms with van der Waals surface area (Å²) in [4.78, 5) is 0. The Morgan fingerprint density at radius 1 is 0.235 bits per heavy atom. The zero-order chi connectivity index (χ0) is 63.7. The van der Waals surface area contributed by atoms with Crippen LogP contribution in [0.25, 0.3) is 152 Å². The Balaban J connectivity index is 0.000000122. The van der Waals surface area contributed by atoms with Crippen molar-refractivity contribution in [1.82, 2.24) is 0 Å². The van der Waals surface area contributed by atoms with E-state index in [0.717, 1.165) is 58.5 Å². The Morgan fingerprint density at radius 2 is 0.551 bits per heavy atom. The number of hydrogen-bond donors (Lipinski definition) is 0. The zero-order valence-corrected chi connectivity index (χ0v) is 55.7. The van der Waals surface area contributed by atoms with Crippen molar-refractivity contribution in [3.05, 3.63) is 289 Å². The van der Waals surface area contributed by atoms with Gasteiger partial charge in [0.25, 0.3) is 0 Å². The summed E-state index contributed by atoms with van der Waals surface area (Å²) in [7, 11) is 0. The summed E-state index contributed by atoms with van der Waals surface area (Å²) in [5.74, 6) is 6.80. The van der Waals surface area contributed by atoms with Crippen LogP contribution >= 0.6 is 11.3 Å². The molecule has 10 aliphatic rings. The van der Waals surface area contributed by atoms with Gasteiger partial charge in [0.1, 0.15) is 11.2 Å². The number of hydrogen-bond acceptors (Lipinski definition) is 2. The van der Waals surface area contributed by atoms with Crippen molar-refractivity contribution in [2.24, 2.45) is 47.3 Å². The van der Waals surface area contributed by atoms with Crippen LogP contribution in [-0.4, -0.2) is 0 Å². The maximum Gasteiger partial charge on any atom is 0.135 e. The lowest BCUT2D eigenvalue weighted by Gasteiger charge is -2.61. The second-order valence-corrected chi connectivity index (χ2v) is 32.3. The minimum absolute atomic E-state index is 0.156. The molecule has 0 atom stereocenters. The van der Waals surface area contributed by atoms with E-state index in [-0.39, 0.29) is 10.8 Å². The van der Waals surface area contributed by atoms with E-state index in [0.29, 0.717) is 0 Å². The van der Waals surface area contributed by atoms with Crippen LogP contribution in [-0.2, 0) is 10.8 Å². The van der Waals surface area contributed by atoms with Gasteiger partial charge >= 0.3 is 0 Å². The first-order valence-corrected chi connectivity index (χ1v) is 37.5. The van der Waals surface area contributed by atoms with Crippen LogP contribution in [0.5, 0.6) is 0 Å². The molecule has 2 heteroatoms. The molecule has 0 amide bonds. The van der Waals surface area contributed by atoms with Crippen LogP contribution < -0.4 is 0 Å². The number of thiophene rings is 1. The van der Waals surface area contributed by atoms with Crippen molar-refractivity contribution < 1.29 is 4.42 Å². The van der Waals surface area contributed by atoms with E-state index in [9.17, 15) is 0 Å². The van der Waals surface area contributed by atoms with Crippen molar-refractivity contribution in [2.45, 2.75) is 75.0 Å². The van der Waals surface area contributed by atoms with Gasteiger partial charge < -0.3 is 4.42 Å². The van der Waals surface area contributed by atoms with Gasteiger partial charge in [-0.3, -0.25) is 0 Å². The molecular weight excluding hydrogens is 1200 g/mol. The molecule has 8 saturated carbocycles. The quantitative estimate of drug-likeness (QED) is 0.160. The van der Waals surface area contributed by atoms with Gasteiger partial charge in [0.2, 0.25) is 0 Å². The van der Waals surface area contributed by atoms with E-state index < -0.39 is 0 Å². The van der Waals surface area contributed by atoms with Crippen molar-refractivity contribution in [3.8, 4) is 66.8 Å². The minimum Gasteiger partial charge on any atom is -0.456 e. The van der Waals surface area contributed by atoms with Gasteiger partial charge in [0, 0.05) is 41.8 Å². The molecule has 14 aromatic carbocycles. The van der Waals surface area contributed by atoms with Gasteiger partial charge in [0.15, 0.2) is 0 Å². The molecule has 0 unspecified atom stereocenters. The summed E-state index contributed by atoms with van der Waals surface area (Å²) >= 11 is 1.90. The summed E-state index contributed by atoms with van der Waals surface area (Å²) < 4.78 is 8.95. The molecule has 16 aromatic rings. The monoisotopic (exact) mass is 1270 g/mol. The molecule has 0 saturated heterocycles. The van der Waals surface area contributed by atoms with Crippen molar-refractivity contribution in [2.75, 3.05) is 0 Å². The summed E-state index contributed by atoms with van der Waals surface area (Å²) in [6, 6.07) is 102. The van der Waals surface area contributed by atoms with Crippen molar-refractivity contribution in [3.63, 3.8) is 0 Å². The molecule has 1 nitrogen and oxygen atoms in total. The Kier molecular flexibility index (Phi) is 11.5. The Morgan fingerprint density at radius 3 is 1.00 bits per heavy atom. The molecule has 8 bridgehead atoms. The maximum absolute atomic E-state index is 6.24. The normalized spacial score (nSPS) is 24.8. The summed E-state index contributed by atoms with van der Waals surface area (Å²) in [5.41, 5.74) is 25.3. The molecule has 468 valence electrons. The van der Waals surface area contributed by atoms with Crippen LogP contribution in [0.1, 0.15) is 86.5 Å². The SMILES string of the molecule is c1ccc2c(c1)-c1ccc(-c3c4ccccc4c(-c4ccc5oc6ccccc6c5c4)c4ccccc34)cc1C21C2CC3CC(C2)CC1C3.c1ccc2c(c1)-c1ccc(-c3c4ccccc4c(-c4ccc5sc6ccccc6c5c4)c4ccccc34)cc1C21C2CC3CC(C2)CC1C3. The van der Waals surface area contributed by atoms with Crippen LogP contribution in [0.4, 0.5) is 0 Å². The molecule has 2 heterocycles. The fourth-order valence-corrected chi connectivity index (χ4v) is 25.0. The highest BCUT2D eigenvalue weighted by Gasteiger charge is 2.63. The number of para-hydroxylation sites is 1. The van der Waals surface area contributed by atoms with Crippen LogP contribution in [0.3, 0.4) is 0 Å². The number of benzene rings is 14. The predicted octanol–water partition coefficient (Wildman–Crippen LogP) is 26.4. The van der Waals surface area contributed by atoms with E-state index in [2.05, 4.69) is 261 Å². The highest BCUT2D eigenvalue weighted by atomic mass is 32.1. The molecular formula is C96H72OS. The first kappa shape index (κ1) is 55.2. The smallest absolute Gasteiger partial charge is 0.135 e. The second-order valence-electron chi connectivity index (χ2n) is 31.3. The number of furan rings is 1. The third-order valence-corrected chi connectivity index (χ3v) is 28.0. The van der Waals surface area contributed by atoms with Gasteiger partial charge in [-0.05, 0) is 292 Å². The van der Waals surface area contributed by atoms with Gasteiger partial charge in [-0.15, -0.1) is 11.3 Å². The third-order valence-electron chi connectivity index (χ3n) is 26.9. The van der Waals surface area contributed by atoms with Crippen molar-refractivity contribution in [1.29, 1.82) is 0 Å². The summed E-state index contributed by atoms with van der Waals surface area (Å²) in [6.07, 6.45) is 14.2. The number of fused-ring (bicyclic) bond motifs is 16. The topological polar surface area (TPSA) is 13.1 Å². The lowest BCUT2D eigenvalue weighted by Crippen LogP contribution is -2.55. The van der Waals surface area contributed by atoms with E-state index in [1.165, 1.54) is 205 Å². The summed E-state index contributed by atoms with van der Waals surface area (Å²) in [5, 5.41) is 15.7. The second kappa shape index (κ2) is 20.4. The van der Waals surface area contributed by atoms with Crippen LogP contribution in [0.2, 0.25) is 0 Å². The van der Waals surface area contributed by atoms with Crippen LogP contribution in [0, 0.1) is 47.3 Å². The predicted molar refractivity (Wildman–Crippen MR) is 411 cm³/mol. The first-order chi connectivity index (χ1) is 48.5. The van der Waals surface area contributed by atoms with E-state index in [1.54, 1.807) is 22.3 Å². The maximum atomic E-state index is 6.24. The van der Waals surface area contributed by atoms with Gasteiger partial charge in [0.05, 0.1) is 0 Å². The van der Waals surface area contributed by atoms with Gasteiger partial charge in [-0.2, -0.15) is 0 Å². The highest BCUT2D eigenvalue weighted by Crippen LogP contribution is 2.72. The molecule has 0 N–H and O–H groups in total. The zero-order valence-electron chi connectivity index (χ0n) is 54.9. The molecule has 10 aliphatic carbocycles. The highest BCUT2D eigenvalue weighted by molar-refractivity contribution is 7.25. The average Bonchev–Trinajstić information content (AvgIpc) is 1.48. The standard InChI is InChI=1S/C48H36O.C48H36S/c2*1-3-13-39-37(11-1)46(30-18-20-45-41(26-30)36-10-6-8-16-44(36)49-45)38-12-2-4-14-40(38)47(39)31-17-19-35-34-9-5-7-15-42(34)48(43(35)27-31)32-22-28-21-29(24-32)25-33(48)23-28/h2*1-20,26-29,32-33H,21-25H2. The molecule has 2 spiro atoms. The minimum atomic E-state index is 0.156. The third kappa shape index (κ3) is 7.42. The molecule has 26 rings (SSSR count). The Hall–Kier alpha value is -9.86. The van der Waals surface area contributed by atoms with E-state index in [1.807, 2.05) is 17.4 Å². The van der Waals surface area contributed by atoms with E-state index in [4.69, 9.17) is 4.42 Å². The van der Waals surface area contributed by atoms with E-state index >= 15 is 0 Å². The molecule has 8 fully saturated rings. The fourth-order valence-electron chi connectivity index (χ4n) is 23.9.